The fourth-order valence-corrected chi connectivity index (χ4v) is 1.74. The Balaban J connectivity index is 2.40. The molecule has 0 amide bonds. The number of benzene rings is 1. The highest BCUT2D eigenvalue weighted by Crippen LogP contribution is 2.28. The SMILES string of the molecule is Cc1ccc(C(C)C)cc1Oc1nccnc1C(=O)O. The molecule has 1 heterocycles. The van der Waals surface area contributed by atoms with Gasteiger partial charge in [-0.1, -0.05) is 26.0 Å². The predicted octanol–water partition coefficient (Wildman–Crippen LogP) is 3.40. The maximum absolute atomic E-state index is 11.1. The molecule has 1 aromatic heterocycles. The van der Waals surface area contributed by atoms with Crippen LogP contribution in [0.4, 0.5) is 0 Å². The van der Waals surface area contributed by atoms with Gasteiger partial charge in [0.1, 0.15) is 5.75 Å². The molecule has 0 fully saturated rings. The summed E-state index contributed by atoms with van der Waals surface area (Å²) >= 11 is 0. The van der Waals surface area contributed by atoms with Gasteiger partial charge in [0, 0.05) is 12.4 Å². The number of rotatable bonds is 4. The molecule has 104 valence electrons. The first kappa shape index (κ1) is 14.0. The quantitative estimate of drug-likeness (QED) is 0.923. The van der Waals surface area contributed by atoms with Crippen LogP contribution >= 0.6 is 0 Å². The van der Waals surface area contributed by atoms with Gasteiger partial charge in [-0.05, 0) is 30.0 Å². The van der Waals surface area contributed by atoms with Gasteiger partial charge < -0.3 is 9.84 Å². The van der Waals surface area contributed by atoms with Gasteiger partial charge in [0.15, 0.2) is 0 Å². The molecule has 1 N–H and O–H groups in total. The highest BCUT2D eigenvalue weighted by atomic mass is 16.5. The molecule has 0 radical (unpaired) electrons. The lowest BCUT2D eigenvalue weighted by Gasteiger charge is -2.12. The second kappa shape index (κ2) is 5.69. The number of carboxylic acids is 1. The van der Waals surface area contributed by atoms with Crippen molar-refractivity contribution in [3.8, 4) is 11.6 Å². The van der Waals surface area contributed by atoms with Crippen LogP contribution in [0.5, 0.6) is 11.6 Å². The van der Waals surface area contributed by atoms with Gasteiger partial charge in [0.05, 0.1) is 0 Å². The average molecular weight is 272 g/mol. The van der Waals surface area contributed by atoms with Gasteiger partial charge in [-0.25, -0.2) is 14.8 Å². The van der Waals surface area contributed by atoms with Crippen molar-refractivity contribution in [2.24, 2.45) is 0 Å². The van der Waals surface area contributed by atoms with Gasteiger partial charge in [0.25, 0.3) is 5.88 Å². The Bertz CT molecular complexity index is 639. The third-order valence-corrected chi connectivity index (χ3v) is 2.95. The predicted molar refractivity (Wildman–Crippen MR) is 74.3 cm³/mol. The smallest absolute Gasteiger partial charge is 0.360 e. The van der Waals surface area contributed by atoms with Crippen LogP contribution in [0.15, 0.2) is 30.6 Å². The Kier molecular flexibility index (Phi) is 3.98. The number of hydrogen-bond acceptors (Lipinski definition) is 4. The molecule has 0 bridgehead atoms. The summed E-state index contributed by atoms with van der Waals surface area (Å²) in [5, 5.41) is 9.07. The molecule has 0 aliphatic carbocycles. The third-order valence-electron chi connectivity index (χ3n) is 2.95. The van der Waals surface area contributed by atoms with Crippen LogP contribution in [0.1, 0.15) is 41.4 Å². The summed E-state index contributed by atoms with van der Waals surface area (Å²) in [6, 6.07) is 5.88. The summed E-state index contributed by atoms with van der Waals surface area (Å²) in [7, 11) is 0. The van der Waals surface area contributed by atoms with Crippen LogP contribution in [-0.2, 0) is 0 Å². The number of aryl methyl sites for hydroxylation is 1. The van der Waals surface area contributed by atoms with E-state index in [0.29, 0.717) is 11.7 Å². The third kappa shape index (κ3) is 2.93. The maximum Gasteiger partial charge on any atom is 0.360 e. The molecule has 2 aromatic rings. The molecule has 0 spiro atoms. The summed E-state index contributed by atoms with van der Waals surface area (Å²) in [4.78, 5) is 18.8. The molecule has 0 aliphatic heterocycles. The first-order valence-corrected chi connectivity index (χ1v) is 6.31. The van der Waals surface area contributed by atoms with E-state index < -0.39 is 5.97 Å². The molecule has 0 saturated carbocycles. The highest BCUT2D eigenvalue weighted by molar-refractivity contribution is 5.87. The molecule has 0 atom stereocenters. The Morgan fingerprint density at radius 3 is 2.60 bits per heavy atom. The fourth-order valence-electron chi connectivity index (χ4n) is 1.74. The van der Waals surface area contributed by atoms with E-state index in [2.05, 4.69) is 23.8 Å². The van der Waals surface area contributed by atoms with Gasteiger partial charge in [-0.15, -0.1) is 0 Å². The van der Waals surface area contributed by atoms with E-state index in [1.165, 1.54) is 12.4 Å². The topological polar surface area (TPSA) is 72.3 Å². The molecule has 0 aliphatic rings. The van der Waals surface area contributed by atoms with E-state index in [1.54, 1.807) is 0 Å². The number of nitrogens with zero attached hydrogens (tertiary/aromatic N) is 2. The van der Waals surface area contributed by atoms with E-state index in [9.17, 15) is 4.79 Å². The van der Waals surface area contributed by atoms with Crippen LogP contribution in [0.3, 0.4) is 0 Å². The lowest BCUT2D eigenvalue weighted by molar-refractivity contribution is 0.0686. The molecule has 20 heavy (non-hydrogen) atoms. The van der Waals surface area contributed by atoms with Crippen molar-refractivity contribution in [1.82, 2.24) is 9.97 Å². The normalized spacial score (nSPS) is 10.6. The molecular formula is C15H16N2O3. The zero-order valence-corrected chi connectivity index (χ0v) is 11.6. The molecule has 0 saturated heterocycles. The number of aromatic carboxylic acids is 1. The van der Waals surface area contributed by atoms with Crippen molar-refractivity contribution < 1.29 is 14.6 Å². The number of carboxylic acid groups (broad SMARTS) is 1. The first-order chi connectivity index (χ1) is 9.49. The number of carbonyl (C=O) groups is 1. The minimum absolute atomic E-state index is 0.00371. The van der Waals surface area contributed by atoms with E-state index in [-0.39, 0.29) is 11.6 Å². The van der Waals surface area contributed by atoms with Crippen molar-refractivity contribution in [3.63, 3.8) is 0 Å². The van der Waals surface area contributed by atoms with Crippen molar-refractivity contribution in [2.75, 3.05) is 0 Å². The minimum atomic E-state index is -1.16. The maximum atomic E-state index is 11.1. The van der Waals surface area contributed by atoms with Gasteiger partial charge >= 0.3 is 5.97 Å². The summed E-state index contributed by atoms with van der Waals surface area (Å²) < 4.78 is 5.64. The Morgan fingerprint density at radius 1 is 1.25 bits per heavy atom. The van der Waals surface area contributed by atoms with E-state index >= 15 is 0 Å². The van der Waals surface area contributed by atoms with E-state index in [0.717, 1.165) is 11.1 Å². The Hall–Kier alpha value is -2.43. The Morgan fingerprint density at radius 2 is 1.95 bits per heavy atom. The number of aromatic nitrogens is 2. The largest absolute Gasteiger partial charge is 0.476 e. The van der Waals surface area contributed by atoms with Crippen LogP contribution in [-0.4, -0.2) is 21.0 Å². The van der Waals surface area contributed by atoms with Crippen molar-refractivity contribution in [3.05, 3.63) is 47.4 Å². The van der Waals surface area contributed by atoms with Gasteiger partial charge in [-0.2, -0.15) is 0 Å². The zero-order chi connectivity index (χ0) is 14.7. The molecule has 5 nitrogen and oxygen atoms in total. The second-order valence-electron chi connectivity index (χ2n) is 4.80. The van der Waals surface area contributed by atoms with Crippen LogP contribution < -0.4 is 4.74 Å². The Labute approximate surface area is 117 Å². The summed E-state index contributed by atoms with van der Waals surface area (Å²) in [6.07, 6.45) is 2.73. The van der Waals surface area contributed by atoms with Crippen molar-refractivity contribution in [1.29, 1.82) is 0 Å². The second-order valence-corrected chi connectivity index (χ2v) is 4.80. The summed E-state index contributed by atoms with van der Waals surface area (Å²) in [5.41, 5.74) is 1.84. The van der Waals surface area contributed by atoms with E-state index in [4.69, 9.17) is 9.84 Å². The van der Waals surface area contributed by atoms with Crippen molar-refractivity contribution >= 4 is 5.97 Å². The summed E-state index contributed by atoms with van der Waals surface area (Å²) in [5.74, 6) is -0.201. The van der Waals surface area contributed by atoms with Crippen LogP contribution in [0, 0.1) is 6.92 Å². The van der Waals surface area contributed by atoms with Crippen molar-refractivity contribution in [2.45, 2.75) is 26.7 Å². The highest BCUT2D eigenvalue weighted by Gasteiger charge is 2.16. The minimum Gasteiger partial charge on any atom is -0.476 e. The molecule has 5 heteroatoms. The van der Waals surface area contributed by atoms with Gasteiger partial charge in [0.2, 0.25) is 5.69 Å². The van der Waals surface area contributed by atoms with Crippen LogP contribution in [0.25, 0.3) is 0 Å². The molecule has 0 unspecified atom stereocenters. The van der Waals surface area contributed by atoms with E-state index in [1.807, 2.05) is 25.1 Å². The monoisotopic (exact) mass is 272 g/mol. The zero-order valence-electron chi connectivity index (χ0n) is 11.6. The van der Waals surface area contributed by atoms with Crippen LogP contribution in [0.2, 0.25) is 0 Å². The standard InChI is InChI=1S/C15H16N2O3/c1-9(2)11-5-4-10(3)12(8-11)20-14-13(15(18)19)16-6-7-17-14/h4-9H,1-3H3,(H,18,19). The first-order valence-electron chi connectivity index (χ1n) is 6.31. The summed E-state index contributed by atoms with van der Waals surface area (Å²) in [6.45, 7) is 6.06. The molecule has 1 aromatic carbocycles. The molecular weight excluding hydrogens is 256 g/mol. The van der Waals surface area contributed by atoms with Gasteiger partial charge in [-0.3, -0.25) is 0 Å². The fraction of sp³-hybridized carbons (Fsp3) is 0.267. The lowest BCUT2D eigenvalue weighted by Crippen LogP contribution is -2.05. The molecule has 2 rings (SSSR count). The number of ether oxygens (including phenoxy) is 1. The number of hydrogen-bond donors (Lipinski definition) is 1. The average Bonchev–Trinajstić information content (AvgIpc) is 2.41. The lowest BCUT2D eigenvalue weighted by atomic mass is 10.0.